The lowest BCUT2D eigenvalue weighted by Crippen LogP contribution is -2.56. The van der Waals surface area contributed by atoms with Crippen LogP contribution in [0.15, 0.2) is 140 Å². The third-order valence-electron chi connectivity index (χ3n) is 13.5. The number of nitriles is 1. The van der Waals surface area contributed by atoms with Crippen LogP contribution in [-0.2, 0) is 10.8 Å². The summed E-state index contributed by atoms with van der Waals surface area (Å²) in [5.74, 6) is 3.60. The Morgan fingerprint density at radius 1 is 0.474 bits per heavy atom. The molecule has 4 heteroatoms. The highest BCUT2D eigenvalue weighted by molar-refractivity contribution is 5.75. The van der Waals surface area contributed by atoms with Gasteiger partial charge in [0.1, 0.15) is 0 Å². The largest absolute Gasteiger partial charge is 0.208 e. The molecule has 1 heterocycles. The van der Waals surface area contributed by atoms with Crippen LogP contribution in [0.3, 0.4) is 0 Å². The van der Waals surface area contributed by atoms with E-state index in [1.807, 2.05) is 48.5 Å². The molecule has 7 aromatic rings. The van der Waals surface area contributed by atoms with Crippen molar-refractivity contribution in [1.82, 2.24) is 15.0 Å². The zero-order valence-electron chi connectivity index (χ0n) is 33.0. The smallest absolute Gasteiger partial charge is 0.164 e. The first-order valence-corrected chi connectivity index (χ1v) is 20.5. The van der Waals surface area contributed by atoms with Crippen LogP contribution in [0.1, 0.15) is 71.9 Å². The van der Waals surface area contributed by atoms with Crippen molar-refractivity contribution in [1.29, 1.82) is 5.26 Å². The lowest BCUT2D eigenvalue weighted by Gasteiger charge is -2.63. The maximum atomic E-state index is 9.30. The molecule has 4 nitrogen and oxygen atoms in total. The van der Waals surface area contributed by atoms with Crippen molar-refractivity contribution in [3.63, 3.8) is 0 Å². The SMILES string of the molecule is Cc1cc(C23CC4CC(C2)CC(c2ccc(-c5ccc(-c6nc(-c7ccccc7)nc(-c7ccccc7)n6)c(C)c5)c(C)c2)(C4)C3)ccc1-c1ccc(C#N)cc1. The van der Waals surface area contributed by atoms with Crippen LogP contribution in [0.2, 0.25) is 0 Å². The fourth-order valence-electron chi connectivity index (χ4n) is 11.3. The number of hydrogen-bond acceptors (Lipinski definition) is 4. The fourth-order valence-corrected chi connectivity index (χ4v) is 11.3. The summed E-state index contributed by atoms with van der Waals surface area (Å²) in [6, 6.07) is 52.0. The number of rotatable bonds is 7. The molecule has 57 heavy (non-hydrogen) atoms. The minimum Gasteiger partial charge on any atom is -0.208 e. The zero-order chi connectivity index (χ0) is 38.7. The van der Waals surface area contributed by atoms with Crippen LogP contribution < -0.4 is 0 Å². The molecule has 2 unspecified atom stereocenters. The van der Waals surface area contributed by atoms with Crippen molar-refractivity contribution in [2.24, 2.45) is 11.8 Å². The first-order valence-electron chi connectivity index (χ1n) is 20.5. The van der Waals surface area contributed by atoms with Gasteiger partial charge in [0, 0.05) is 16.7 Å². The molecule has 0 saturated heterocycles. The first-order chi connectivity index (χ1) is 27.8. The zero-order valence-corrected chi connectivity index (χ0v) is 33.0. The molecule has 4 fully saturated rings. The van der Waals surface area contributed by atoms with E-state index in [2.05, 4.69) is 118 Å². The number of nitrogens with zero attached hydrogens (tertiary/aromatic N) is 4. The van der Waals surface area contributed by atoms with E-state index in [1.165, 1.54) is 83.0 Å². The van der Waals surface area contributed by atoms with Gasteiger partial charge in [0.15, 0.2) is 17.5 Å². The van der Waals surface area contributed by atoms with Crippen LogP contribution in [0.5, 0.6) is 0 Å². The third-order valence-corrected chi connectivity index (χ3v) is 13.5. The average Bonchev–Trinajstić information content (AvgIpc) is 3.23. The standard InChI is InChI=1S/C53H46N4/c1-34-24-43(18-21-48(34)51-56-49(41-10-6-4-7-11-41)55-50(57-51)42-12-8-5-9-13-42)47-23-20-45(26-36(47)3)53-30-38-27-39(31-53)29-52(28-38,33-53)44-19-22-46(35(2)25-44)40-16-14-37(32-54)15-17-40/h4-26,38-39H,27-31,33H2,1-3H3. The topological polar surface area (TPSA) is 62.5 Å². The van der Waals surface area contributed by atoms with E-state index in [0.29, 0.717) is 23.0 Å². The summed E-state index contributed by atoms with van der Waals surface area (Å²) in [5.41, 5.74) is 15.9. The van der Waals surface area contributed by atoms with Crippen molar-refractivity contribution in [2.75, 3.05) is 0 Å². The number of aryl methyl sites for hydroxylation is 3. The summed E-state index contributed by atoms with van der Waals surface area (Å²) < 4.78 is 0. The molecule has 4 bridgehead atoms. The van der Waals surface area contributed by atoms with Gasteiger partial charge in [0.05, 0.1) is 11.6 Å². The van der Waals surface area contributed by atoms with Crippen molar-refractivity contribution >= 4 is 0 Å². The summed E-state index contributed by atoms with van der Waals surface area (Å²) >= 11 is 0. The fraction of sp³-hybridized carbons (Fsp3) is 0.245. The molecule has 4 aliphatic rings. The Hall–Kier alpha value is -6.18. The van der Waals surface area contributed by atoms with Gasteiger partial charge >= 0.3 is 0 Å². The second-order valence-electron chi connectivity index (χ2n) is 17.3. The Balaban J connectivity index is 0.954. The molecule has 4 aliphatic carbocycles. The average molecular weight is 739 g/mol. The van der Waals surface area contributed by atoms with E-state index in [1.54, 1.807) is 0 Å². The molecule has 0 spiro atoms. The Morgan fingerprint density at radius 2 is 0.930 bits per heavy atom. The van der Waals surface area contributed by atoms with Crippen LogP contribution in [0, 0.1) is 43.9 Å². The molecular weight excluding hydrogens is 693 g/mol. The lowest BCUT2D eigenvalue weighted by atomic mass is 9.41. The quantitative estimate of drug-likeness (QED) is 0.163. The van der Waals surface area contributed by atoms with E-state index in [0.717, 1.165) is 34.1 Å². The molecule has 6 aromatic carbocycles. The van der Waals surface area contributed by atoms with Gasteiger partial charge < -0.3 is 0 Å². The van der Waals surface area contributed by atoms with E-state index in [4.69, 9.17) is 15.0 Å². The van der Waals surface area contributed by atoms with Gasteiger partial charge in [-0.3, -0.25) is 0 Å². The molecule has 0 aliphatic heterocycles. The van der Waals surface area contributed by atoms with Crippen molar-refractivity contribution in [3.05, 3.63) is 173 Å². The van der Waals surface area contributed by atoms with E-state index in [-0.39, 0.29) is 10.8 Å². The molecule has 0 amide bonds. The summed E-state index contributed by atoms with van der Waals surface area (Å²) in [5, 5.41) is 9.30. The minimum absolute atomic E-state index is 0.221. The molecule has 278 valence electrons. The number of aromatic nitrogens is 3. The summed E-state index contributed by atoms with van der Waals surface area (Å²) in [6.45, 7) is 6.73. The van der Waals surface area contributed by atoms with Crippen LogP contribution in [0.4, 0.5) is 0 Å². The van der Waals surface area contributed by atoms with Gasteiger partial charge in [-0.05, 0) is 144 Å². The molecule has 0 radical (unpaired) electrons. The third kappa shape index (κ3) is 6.27. The van der Waals surface area contributed by atoms with Gasteiger partial charge in [-0.15, -0.1) is 0 Å². The minimum atomic E-state index is 0.221. The Morgan fingerprint density at radius 3 is 1.42 bits per heavy atom. The first kappa shape index (κ1) is 35.2. The Bertz CT molecular complexity index is 2620. The highest BCUT2D eigenvalue weighted by Gasteiger charge is 2.58. The maximum Gasteiger partial charge on any atom is 0.164 e. The summed E-state index contributed by atoms with van der Waals surface area (Å²) in [7, 11) is 0. The van der Waals surface area contributed by atoms with Crippen molar-refractivity contribution in [2.45, 2.75) is 70.1 Å². The van der Waals surface area contributed by atoms with E-state index in [9.17, 15) is 5.26 Å². The molecule has 2 atom stereocenters. The second kappa shape index (κ2) is 13.8. The lowest BCUT2D eigenvalue weighted by molar-refractivity contribution is -0.0281. The Kier molecular flexibility index (Phi) is 8.52. The van der Waals surface area contributed by atoms with Gasteiger partial charge in [0.2, 0.25) is 0 Å². The van der Waals surface area contributed by atoms with Gasteiger partial charge in [-0.1, -0.05) is 127 Å². The molecule has 11 rings (SSSR count). The highest BCUT2D eigenvalue weighted by atomic mass is 15.0. The van der Waals surface area contributed by atoms with Crippen molar-refractivity contribution in [3.8, 4) is 62.5 Å². The molecule has 0 N–H and O–H groups in total. The van der Waals surface area contributed by atoms with Gasteiger partial charge in [-0.25, -0.2) is 15.0 Å². The monoisotopic (exact) mass is 738 g/mol. The van der Waals surface area contributed by atoms with Crippen LogP contribution >= 0.6 is 0 Å². The molecule has 1 aromatic heterocycles. The van der Waals surface area contributed by atoms with Crippen LogP contribution in [-0.4, -0.2) is 15.0 Å². The number of hydrogen-bond donors (Lipinski definition) is 0. The predicted molar refractivity (Wildman–Crippen MR) is 230 cm³/mol. The number of benzene rings is 6. The normalized spacial score (nSPS) is 22.0. The Labute approximate surface area is 336 Å². The van der Waals surface area contributed by atoms with Gasteiger partial charge in [-0.2, -0.15) is 5.26 Å². The molecule has 4 saturated carbocycles. The maximum absolute atomic E-state index is 9.30. The molecular formula is C53H46N4. The van der Waals surface area contributed by atoms with Crippen molar-refractivity contribution < 1.29 is 0 Å². The summed E-state index contributed by atoms with van der Waals surface area (Å²) in [4.78, 5) is 14.9. The predicted octanol–water partition coefficient (Wildman–Crippen LogP) is 12.8. The summed E-state index contributed by atoms with van der Waals surface area (Å²) in [6.07, 6.45) is 7.85. The van der Waals surface area contributed by atoms with Gasteiger partial charge in [0.25, 0.3) is 0 Å². The van der Waals surface area contributed by atoms with E-state index < -0.39 is 0 Å². The highest BCUT2D eigenvalue weighted by Crippen LogP contribution is 2.66. The second-order valence-corrected chi connectivity index (χ2v) is 17.3. The van der Waals surface area contributed by atoms with E-state index >= 15 is 0 Å². The van der Waals surface area contributed by atoms with Crippen LogP contribution in [0.25, 0.3) is 56.4 Å².